The average molecular weight is 357 g/mol. The van der Waals surface area contributed by atoms with Gasteiger partial charge in [-0.15, -0.1) is 5.10 Å². The first kappa shape index (κ1) is 17.8. The van der Waals surface area contributed by atoms with Crippen molar-refractivity contribution >= 4 is 22.5 Å². The zero-order valence-corrected chi connectivity index (χ0v) is 15.5. The lowest BCUT2D eigenvalue weighted by Gasteiger charge is -2.13. The first-order valence-corrected chi connectivity index (χ1v) is 9.26. The number of ether oxygens (including phenoxy) is 1. The van der Waals surface area contributed by atoms with E-state index in [1.807, 2.05) is 42.5 Å². The van der Waals surface area contributed by atoms with Crippen molar-refractivity contribution in [2.24, 2.45) is 0 Å². The van der Waals surface area contributed by atoms with E-state index in [9.17, 15) is 5.11 Å². The standard InChI is InChI=1S/C19H23N3O2S/c1-19(2,3)17-20-18(22-21-17)25-12-14(23)11-24-16-10-6-8-13-7-4-5-9-15(13)16/h4-10,14,23H,11-12H2,1-3H3,(H,20,21,22)/t14-/m1/s1. The SMILES string of the molecule is CC(C)(C)c1nc(SC[C@H](O)COc2cccc3ccccc23)n[nH]1. The van der Waals surface area contributed by atoms with E-state index in [0.717, 1.165) is 22.3 Å². The summed E-state index contributed by atoms with van der Waals surface area (Å²) in [6.07, 6.45) is -0.597. The van der Waals surface area contributed by atoms with Gasteiger partial charge in [-0.25, -0.2) is 4.98 Å². The molecule has 0 aliphatic rings. The molecule has 0 saturated carbocycles. The Morgan fingerprint density at radius 2 is 1.92 bits per heavy atom. The van der Waals surface area contributed by atoms with Gasteiger partial charge in [0.05, 0.1) is 6.10 Å². The van der Waals surface area contributed by atoms with Crippen molar-refractivity contribution in [2.75, 3.05) is 12.4 Å². The molecule has 1 heterocycles. The van der Waals surface area contributed by atoms with Crippen LogP contribution in [0.25, 0.3) is 10.8 Å². The Hall–Kier alpha value is -2.05. The summed E-state index contributed by atoms with van der Waals surface area (Å²) in [7, 11) is 0. The first-order chi connectivity index (χ1) is 11.9. The number of fused-ring (bicyclic) bond motifs is 1. The number of aromatic nitrogens is 3. The maximum atomic E-state index is 10.2. The largest absolute Gasteiger partial charge is 0.490 e. The highest BCUT2D eigenvalue weighted by atomic mass is 32.2. The van der Waals surface area contributed by atoms with E-state index in [1.54, 1.807) is 0 Å². The molecule has 1 atom stereocenters. The number of rotatable bonds is 6. The number of hydrogen-bond acceptors (Lipinski definition) is 5. The van der Waals surface area contributed by atoms with Gasteiger partial charge in [-0.3, -0.25) is 5.10 Å². The first-order valence-electron chi connectivity index (χ1n) is 8.28. The third kappa shape index (κ3) is 4.52. The quantitative estimate of drug-likeness (QED) is 0.657. The maximum Gasteiger partial charge on any atom is 0.208 e. The van der Waals surface area contributed by atoms with E-state index in [4.69, 9.17) is 4.74 Å². The molecule has 1 aromatic heterocycles. The lowest BCUT2D eigenvalue weighted by Crippen LogP contribution is -2.20. The maximum absolute atomic E-state index is 10.2. The number of aliphatic hydroxyl groups excluding tert-OH is 1. The van der Waals surface area contributed by atoms with Gasteiger partial charge in [0.25, 0.3) is 0 Å². The van der Waals surface area contributed by atoms with E-state index in [-0.39, 0.29) is 12.0 Å². The lowest BCUT2D eigenvalue weighted by atomic mass is 9.96. The highest BCUT2D eigenvalue weighted by Crippen LogP contribution is 2.26. The monoisotopic (exact) mass is 357 g/mol. The van der Waals surface area contributed by atoms with Gasteiger partial charge in [-0.1, -0.05) is 68.9 Å². The second-order valence-corrected chi connectivity index (χ2v) is 7.96. The Morgan fingerprint density at radius 1 is 1.16 bits per heavy atom. The predicted octanol–water partition coefficient (Wildman–Crippen LogP) is 3.79. The zero-order chi connectivity index (χ0) is 17.9. The number of H-pyrrole nitrogens is 1. The molecular weight excluding hydrogens is 334 g/mol. The fourth-order valence-electron chi connectivity index (χ4n) is 2.37. The molecule has 25 heavy (non-hydrogen) atoms. The van der Waals surface area contributed by atoms with Gasteiger partial charge in [0.2, 0.25) is 5.16 Å². The number of benzene rings is 2. The molecule has 0 saturated heterocycles. The second-order valence-electron chi connectivity index (χ2n) is 6.97. The van der Waals surface area contributed by atoms with E-state index in [1.165, 1.54) is 11.8 Å². The number of thioether (sulfide) groups is 1. The van der Waals surface area contributed by atoms with Crippen molar-refractivity contribution < 1.29 is 9.84 Å². The van der Waals surface area contributed by atoms with Crippen molar-refractivity contribution in [1.82, 2.24) is 15.2 Å². The summed E-state index contributed by atoms with van der Waals surface area (Å²) >= 11 is 1.42. The van der Waals surface area contributed by atoms with Crippen molar-refractivity contribution in [3.05, 3.63) is 48.3 Å². The molecule has 3 aromatic rings. The molecule has 0 fully saturated rings. The fraction of sp³-hybridized carbons (Fsp3) is 0.368. The van der Waals surface area contributed by atoms with Crippen molar-refractivity contribution in [2.45, 2.75) is 37.4 Å². The predicted molar refractivity (Wildman–Crippen MR) is 101 cm³/mol. The minimum Gasteiger partial charge on any atom is -0.490 e. The molecule has 0 unspecified atom stereocenters. The third-order valence-electron chi connectivity index (χ3n) is 3.76. The van der Waals surface area contributed by atoms with Crippen LogP contribution < -0.4 is 4.74 Å². The molecule has 6 heteroatoms. The topological polar surface area (TPSA) is 71.0 Å². The minimum absolute atomic E-state index is 0.0676. The molecular formula is C19H23N3O2S. The van der Waals surface area contributed by atoms with Gasteiger partial charge in [0, 0.05) is 16.6 Å². The molecule has 0 radical (unpaired) electrons. The summed E-state index contributed by atoms with van der Waals surface area (Å²) in [5.41, 5.74) is -0.0676. The van der Waals surface area contributed by atoms with Crippen LogP contribution in [0.2, 0.25) is 0 Å². The van der Waals surface area contributed by atoms with E-state index >= 15 is 0 Å². The molecule has 0 spiro atoms. The van der Waals surface area contributed by atoms with Crippen LogP contribution in [0.5, 0.6) is 5.75 Å². The van der Waals surface area contributed by atoms with Crippen LogP contribution in [0.3, 0.4) is 0 Å². The molecule has 0 amide bonds. The minimum atomic E-state index is -0.597. The summed E-state index contributed by atoms with van der Waals surface area (Å²) in [5, 5.41) is 20.2. The number of nitrogens with one attached hydrogen (secondary N) is 1. The van der Waals surface area contributed by atoms with Crippen molar-refractivity contribution in [3.8, 4) is 5.75 Å². The highest BCUT2D eigenvalue weighted by molar-refractivity contribution is 7.99. The summed E-state index contributed by atoms with van der Waals surface area (Å²) < 4.78 is 5.82. The Morgan fingerprint density at radius 3 is 2.68 bits per heavy atom. The smallest absolute Gasteiger partial charge is 0.208 e. The second kappa shape index (κ2) is 7.45. The van der Waals surface area contributed by atoms with Crippen LogP contribution in [0.1, 0.15) is 26.6 Å². The van der Waals surface area contributed by atoms with Crippen molar-refractivity contribution in [3.63, 3.8) is 0 Å². The molecule has 5 nitrogen and oxygen atoms in total. The number of aromatic amines is 1. The Labute approximate surface area is 151 Å². The van der Waals surface area contributed by atoms with Crippen LogP contribution in [-0.2, 0) is 5.41 Å². The zero-order valence-electron chi connectivity index (χ0n) is 14.7. The fourth-order valence-corrected chi connectivity index (χ4v) is 3.08. The van der Waals surface area contributed by atoms with Gasteiger partial charge in [-0.2, -0.15) is 0 Å². The van der Waals surface area contributed by atoms with E-state index in [0.29, 0.717) is 10.9 Å². The summed E-state index contributed by atoms with van der Waals surface area (Å²) in [4.78, 5) is 4.46. The van der Waals surface area contributed by atoms with Gasteiger partial charge in [0.1, 0.15) is 18.2 Å². The molecule has 2 aromatic carbocycles. The van der Waals surface area contributed by atoms with Crippen LogP contribution in [0.15, 0.2) is 47.6 Å². The van der Waals surface area contributed by atoms with Crippen LogP contribution in [-0.4, -0.2) is 38.8 Å². The normalized spacial score (nSPS) is 13.1. The molecule has 132 valence electrons. The van der Waals surface area contributed by atoms with Crippen LogP contribution >= 0.6 is 11.8 Å². The van der Waals surface area contributed by atoms with Gasteiger partial charge in [0.15, 0.2) is 0 Å². The Balaban J connectivity index is 1.54. The summed E-state index contributed by atoms with van der Waals surface area (Å²) in [6.45, 7) is 6.47. The molecule has 0 aliphatic heterocycles. The van der Waals surface area contributed by atoms with E-state index < -0.39 is 6.10 Å². The Kier molecular flexibility index (Phi) is 5.30. The molecule has 2 N–H and O–H groups in total. The summed E-state index contributed by atoms with van der Waals surface area (Å²) in [5.74, 6) is 2.11. The van der Waals surface area contributed by atoms with Gasteiger partial charge < -0.3 is 9.84 Å². The molecule has 0 aliphatic carbocycles. The van der Waals surface area contributed by atoms with Gasteiger partial charge in [-0.05, 0) is 11.5 Å². The molecule has 3 rings (SSSR count). The Bertz CT molecular complexity index is 837. The number of aliphatic hydroxyl groups is 1. The van der Waals surface area contributed by atoms with Crippen molar-refractivity contribution in [1.29, 1.82) is 0 Å². The van der Waals surface area contributed by atoms with Crippen LogP contribution in [0.4, 0.5) is 0 Å². The summed E-state index contributed by atoms with van der Waals surface area (Å²) in [6, 6.07) is 14.0. The molecule has 0 bridgehead atoms. The number of hydrogen-bond donors (Lipinski definition) is 2. The third-order valence-corrected chi connectivity index (χ3v) is 4.75. The highest BCUT2D eigenvalue weighted by Gasteiger charge is 2.19. The average Bonchev–Trinajstić information content (AvgIpc) is 3.07. The van der Waals surface area contributed by atoms with E-state index in [2.05, 4.69) is 36.0 Å². The van der Waals surface area contributed by atoms with Crippen LogP contribution in [0, 0.1) is 0 Å². The van der Waals surface area contributed by atoms with Gasteiger partial charge >= 0.3 is 0 Å². The number of nitrogens with zero attached hydrogens (tertiary/aromatic N) is 2. The lowest BCUT2D eigenvalue weighted by molar-refractivity contribution is 0.127.